The number of hydrogen-bond donors (Lipinski definition) is 0. The fraction of sp³-hybridized carbons (Fsp3) is 1.00. The third-order valence-electron chi connectivity index (χ3n) is 3.52. The largest absolute Gasteiger partial charge is 0.303 e. The fourth-order valence-electron chi connectivity index (χ4n) is 2.87. The highest BCUT2D eigenvalue weighted by atomic mass is 15.1. The van der Waals surface area contributed by atoms with Crippen molar-refractivity contribution in [3.05, 3.63) is 0 Å². The maximum absolute atomic E-state index is 2.59. The Morgan fingerprint density at radius 3 is 2.55 bits per heavy atom. The van der Waals surface area contributed by atoms with Gasteiger partial charge in [0.2, 0.25) is 0 Å². The van der Waals surface area contributed by atoms with Crippen LogP contribution in [-0.2, 0) is 0 Å². The second-order valence-corrected chi connectivity index (χ2v) is 4.23. The van der Waals surface area contributed by atoms with E-state index in [1.807, 2.05) is 0 Å². The molecule has 1 aliphatic heterocycles. The van der Waals surface area contributed by atoms with Crippen LogP contribution in [0.15, 0.2) is 0 Å². The summed E-state index contributed by atoms with van der Waals surface area (Å²) in [7, 11) is 2.31. The zero-order valence-electron chi connectivity index (χ0n) is 7.55. The third kappa shape index (κ3) is 1.44. The van der Waals surface area contributed by atoms with Crippen LogP contribution in [0.5, 0.6) is 0 Å². The predicted molar refractivity (Wildman–Crippen MR) is 47.6 cm³/mol. The van der Waals surface area contributed by atoms with Crippen molar-refractivity contribution in [2.75, 3.05) is 13.6 Å². The number of piperidine rings is 1. The van der Waals surface area contributed by atoms with Gasteiger partial charge in [-0.2, -0.15) is 0 Å². The summed E-state index contributed by atoms with van der Waals surface area (Å²) < 4.78 is 0. The molecule has 2 fully saturated rings. The SMILES string of the molecule is CN1CCC[C@H]2CCCCC21. The van der Waals surface area contributed by atoms with Crippen LogP contribution < -0.4 is 0 Å². The summed E-state index contributed by atoms with van der Waals surface area (Å²) in [6.45, 7) is 1.35. The molecule has 64 valence electrons. The molecule has 0 aromatic heterocycles. The molecule has 2 rings (SSSR count). The van der Waals surface area contributed by atoms with Gasteiger partial charge in [0.05, 0.1) is 0 Å². The van der Waals surface area contributed by atoms with E-state index in [1.165, 1.54) is 45.1 Å². The first-order valence-corrected chi connectivity index (χ1v) is 5.08. The first-order valence-electron chi connectivity index (χ1n) is 5.08. The van der Waals surface area contributed by atoms with Gasteiger partial charge in [-0.05, 0) is 45.2 Å². The van der Waals surface area contributed by atoms with Gasteiger partial charge in [0, 0.05) is 6.04 Å². The summed E-state index contributed by atoms with van der Waals surface area (Å²) in [5, 5.41) is 0. The molecule has 1 aliphatic carbocycles. The standard InChI is InChI=1S/C10H19N/c1-11-8-4-6-9-5-2-3-7-10(9)11/h9-10H,2-8H2,1H3/t9-,10?/m1/s1. The lowest BCUT2D eigenvalue weighted by Gasteiger charge is -2.42. The molecular weight excluding hydrogens is 134 g/mol. The van der Waals surface area contributed by atoms with E-state index in [-0.39, 0.29) is 0 Å². The Morgan fingerprint density at radius 2 is 1.73 bits per heavy atom. The lowest BCUT2D eigenvalue weighted by Crippen LogP contribution is -2.44. The first-order chi connectivity index (χ1) is 5.38. The van der Waals surface area contributed by atoms with Gasteiger partial charge < -0.3 is 4.90 Å². The minimum atomic E-state index is 0.956. The topological polar surface area (TPSA) is 3.24 Å². The molecule has 1 nitrogen and oxygen atoms in total. The molecule has 0 spiro atoms. The Balaban J connectivity index is 1.99. The molecule has 1 heterocycles. The second-order valence-electron chi connectivity index (χ2n) is 4.23. The summed E-state index contributed by atoms with van der Waals surface area (Å²) in [5.41, 5.74) is 0. The summed E-state index contributed by atoms with van der Waals surface area (Å²) in [5.74, 6) is 1.06. The van der Waals surface area contributed by atoms with Crippen molar-refractivity contribution < 1.29 is 0 Å². The van der Waals surface area contributed by atoms with E-state index in [4.69, 9.17) is 0 Å². The molecule has 0 amide bonds. The maximum Gasteiger partial charge on any atom is 0.0120 e. The van der Waals surface area contributed by atoms with E-state index < -0.39 is 0 Å². The lowest BCUT2D eigenvalue weighted by molar-refractivity contribution is 0.0841. The van der Waals surface area contributed by atoms with Crippen molar-refractivity contribution in [3.8, 4) is 0 Å². The molecule has 1 unspecified atom stereocenters. The van der Waals surface area contributed by atoms with Crippen LogP contribution in [0.1, 0.15) is 38.5 Å². The van der Waals surface area contributed by atoms with E-state index in [0.29, 0.717) is 0 Å². The quantitative estimate of drug-likeness (QED) is 0.516. The Kier molecular flexibility index (Phi) is 2.17. The molecule has 1 heteroatoms. The van der Waals surface area contributed by atoms with Crippen molar-refractivity contribution in [3.63, 3.8) is 0 Å². The van der Waals surface area contributed by atoms with Crippen molar-refractivity contribution in [2.24, 2.45) is 5.92 Å². The molecule has 2 atom stereocenters. The zero-order valence-corrected chi connectivity index (χ0v) is 7.55. The minimum Gasteiger partial charge on any atom is -0.303 e. The van der Waals surface area contributed by atoms with E-state index in [9.17, 15) is 0 Å². The van der Waals surface area contributed by atoms with Crippen LogP contribution in [-0.4, -0.2) is 24.5 Å². The van der Waals surface area contributed by atoms with Crippen molar-refractivity contribution in [1.82, 2.24) is 4.90 Å². The molecule has 0 aromatic carbocycles. The van der Waals surface area contributed by atoms with Crippen LogP contribution in [0.4, 0.5) is 0 Å². The molecule has 2 aliphatic rings. The third-order valence-corrected chi connectivity index (χ3v) is 3.52. The molecule has 1 saturated carbocycles. The van der Waals surface area contributed by atoms with Gasteiger partial charge in [0.1, 0.15) is 0 Å². The number of hydrogen-bond acceptors (Lipinski definition) is 1. The minimum absolute atomic E-state index is 0.956. The van der Waals surface area contributed by atoms with Crippen molar-refractivity contribution in [1.29, 1.82) is 0 Å². The average Bonchev–Trinajstić information content (AvgIpc) is 2.06. The van der Waals surface area contributed by atoms with Crippen molar-refractivity contribution in [2.45, 2.75) is 44.6 Å². The Morgan fingerprint density at radius 1 is 1.00 bits per heavy atom. The van der Waals surface area contributed by atoms with Gasteiger partial charge in [-0.15, -0.1) is 0 Å². The van der Waals surface area contributed by atoms with E-state index in [2.05, 4.69) is 11.9 Å². The van der Waals surface area contributed by atoms with Gasteiger partial charge in [-0.1, -0.05) is 12.8 Å². The molecule has 0 bridgehead atoms. The monoisotopic (exact) mass is 153 g/mol. The Bertz CT molecular complexity index is 131. The number of fused-ring (bicyclic) bond motifs is 1. The van der Waals surface area contributed by atoms with E-state index in [0.717, 1.165) is 12.0 Å². The van der Waals surface area contributed by atoms with Crippen LogP contribution in [0.3, 0.4) is 0 Å². The molecule has 0 N–H and O–H groups in total. The van der Waals surface area contributed by atoms with Gasteiger partial charge in [0.25, 0.3) is 0 Å². The average molecular weight is 153 g/mol. The van der Waals surface area contributed by atoms with E-state index in [1.54, 1.807) is 0 Å². The van der Waals surface area contributed by atoms with Crippen LogP contribution in [0.25, 0.3) is 0 Å². The Hall–Kier alpha value is -0.0400. The smallest absolute Gasteiger partial charge is 0.0120 e. The first kappa shape index (κ1) is 7.60. The molecule has 1 saturated heterocycles. The van der Waals surface area contributed by atoms with Gasteiger partial charge in [0.15, 0.2) is 0 Å². The number of nitrogens with zero attached hydrogens (tertiary/aromatic N) is 1. The van der Waals surface area contributed by atoms with Crippen LogP contribution in [0.2, 0.25) is 0 Å². The normalized spacial score (nSPS) is 40.1. The lowest BCUT2D eigenvalue weighted by atomic mass is 9.79. The number of likely N-dealkylation sites (tertiary alicyclic amines) is 1. The molecule has 0 radical (unpaired) electrons. The molecule has 11 heavy (non-hydrogen) atoms. The summed E-state index contributed by atoms with van der Waals surface area (Å²) in [6, 6.07) is 0.956. The fourth-order valence-corrected chi connectivity index (χ4v) is 2.87. The van der Waals surface area contributed by atoms with Gasteiger partial charge >= 0.3 is 0 Å². The number of rotatable bonds is 0. The molecular formula is C10H19N. The Labute approximate surface area is 69.8 Å². The van der Waals surface area contributed by atoms with Gasteiger partial charge in [-0.3, -0.25) is 0 Å². The predicted octanol–water partition coefficient (Wildman–Crippen LogP) is 2.27. The second kappa shape index (κ2) is 3.14. The highest BCUT2D eigenvalue weighted by molar-refractivity contribution is 4.85. The zero-order chi connectivity index (χ0) is 7.68. The van der Waals surface area contributed by atoms with Gasteiger partial charge in [-0.25, -0.2) is 0 Å². The summed E-state index contributed by atoms with van der Waals surface area (Å²) in [6.07, 6.45) is 8.91. The maximum atomic E-state index is 2.59. The van der Waals surface area contributed by atoms with E-state index >= 15 is 0 Å². The summed E-state index contributed by atoms with van der Waals surface area (Å²) >= 11 is 0. The molecule has 0 aromatic rings. The van der Waals surface area contributed by atoms with Crippen LogP contribution >= 0.6 is 0 Å². The highest BCUT2D eigenvalue weighted by Gasteiger charge is 2.30. The van der Waals surface area contributed by atoms with Crippen LogP contribution in [0, 0.1) is 5.92 Å². The highest BCUT2D eigenvalue weighted by Crippen LogP contribution is 2.34. The van der Waals surface area contributed by atoms with Crippen molar-refractivity contribution >= 4 is 0 Å². The summed E-state index contributed by atoms with van der Waals surface area (Å²) in [4.78, 5) is 2.59.